The average Bonchev–Trinajstić information content (AvgIpc) is 3.03. The number of fused-ring (bicyclic) bond motifs is 1. The first kappa shape index (κ1) is 19.5. The largest absolute Gasteiger partial charge is 0.466 e. The molecule has 1 unspecified atom stereocenters. The van der Waals surface area contributed by atoms with Gasteiger partial charge in [-0.25, -0.2) is 0 Å². The number of hydrogen-bond donors (Lipinski definition) is 0. The number of ether oxygens (including phenoxy) is 1. The van der Waals surface area contributed by atoms with Crippen LogP contribution >= 0.6 is 0 Å². The number of furan rings is 1. The summed E-state index contributed by atoms with van der Waals surface area (Å²) in [5.41, 5.74) is 2.95. The number of carbonyl (C=O) groups is 2. The first-order valence-electron chi connectivity index (χ1n) is 9.74. The molecule has 1 aromatic heterocycles. The summed E-state index contributed by atoms with van der Waals surface area (Å²) in [5, 5.41) is 0.995. The molecule has 5 heteroatoms. The molecule has 0 spiro atoms. The van der Waals surface area contributed by atoms with Crippen LogP contribution in [0.5, 0.6) is 0 Å². The lowest BCUT2D eigenvalue weighted by atomic mass is 9.86. The van der Waals surface area contributed by atoms with Crippen LogP contribution in [0.4, 0.5) is 0 Å². The Kier molecular flexibility index (Phi) is 5.59. The molecule has 1 fully saturated rings. The van der Waals surface area contributed by atoms with E-state index in [0.717, 1.165) is 29.4 Å². The van der Waals surface area contributed by atoms with Crippen LogP contribution in [0.3, 0.4) is 0 Å². The third-order valence-electron chi connectivity index (χ3n) is 5.26. The summed E-state index contributed by atoms with van der Waals surface area (Å²) in [6.45, 7) is 9.82. The molecule has 1 saturated heterocycles. The van der Waals surface area contributed by atoms with E-state index in [1.165, 1.54) is 5.56 Å². The van der Waals surface area contributed by atoms with Crippen molar-refractivity contribution >= 4 is 22.8 Å². The van der Waals surface area contributed by atoms with E-state index in [1.54, 1.807) is 18.1 Å². The number of likely N-dealkylation sites (tertiary alicyclic amines) is 1. The van der Waals surface area contributed by atoms with Crippen LogP contribution in [0.2, 0.25) is 0 Å². The molecule has 0 bridgehead atoms. The van der Waals surface area contributed by atoms with E-state index < -0.39 is 0 Å². The van der Waals surface area contributed by atoms with Gasteiger partial charge in [0.05, 0.1) is 25.2 Å². The van der Waals surface area contributed by atoms with E-state index in [4.69, 9.17) is 9.15 Å². The predicted molar refractivity (Wildman–Crippen MR) is 105 cm³/mol. The number of nitrogens with zero attached hydrogens (tertiary/aromatic N) is 1. The molecule has 5 nitrogen and oxygen atoms in total. The number of hydrogen-bond acceptors (Lipinski definition) is 4. The van der Waals surface area contributed by atoms with Crippen molar-refractivity contribution in [2.24, 2.45) is 5.92 Å². The van der Waals surface area contributed by atoms with Crippen molar-refractivity contribution in [2.45, 2.75) is 52.4 Å². The fourth-order valence-corrected chi connectivity index (χ4v) is 3.62. The molecule has 0 radical (unpaired) electrons. The van der Waals surface area contributed by atoms with Gasteiger partial charge in [-0.1, -0.05) is 26.8 Å². The standard InChI is InChI=1S/C22H29NO4/c1-5-26-21(25)15-7-6-10-23(13-15)20(24)11-16-14-27-19-9-8-17(12-18(16)19)22(2,3)4/h8-9,12,14-15H,5-7,10-11,13H2,1-4H3. The first-order valence-corrected chi connectivity index (χ1v) is 9.74. The van der Waals surface area contributed by atoms with E-state index >= 15 is 0 Å². The molecule has 2 heterocycles. The summed E-state index contributed by atoms with van der Waals surface area (Å²) < 4.78 is 10.8. The minimum Gasteiger partial charge on any atom is -0.466 e. The van der Waals surface area contributed by atoms with E-state index in [0.29, 0.717) is 19.7 Å². The highest BCUT2D eigenvalue weighted by Crippen LogP contribution is 2.29. The maximum atomic E-state index is 12.8. The van der Waals surface area contributed by atoms with Gasteiger partial charge in [-0.15, -0.1) is 0 Å². The van der Waals surface area contributed by atoms with Crippen molar-refractivity contribution < 1.29 is 18.7 Å². The van der Waals surface area contributed by atoms with Crippen LogP contribution in [0.1, 0.15) is 51.7 Å². The van der Waals surface area contributed by atoms with Gasteiger partial charge in [0.1, 0.15) is 5.58 Å². The molecule has 27 heavy (non-hydrogen) atoms. The predicted octanol–water partition coefficient (Wildman–Crippen LogP) is 4.07. The molecule has 1 amide bonds. The molecule has 1 atom stereocenters. The Morgan fingerprint density at radius 2 is 2.07 bits per heavy atom. The number of benzene rings is 1. The highest BCUT2D eigenvalue weighted by Gasteiger charge is 2.29. The molecule has 1 aliphatic rings. The van der Waals surface area contributed by atoms with Crippen LogP contribution < -0.4 is 0 Å². The Morgan fingerprint density at radius 3 is 2.78 bits per heavy atom. The van der Waals surface area contributed by atoms with Crippen LogP contribution in [0.25, 0.3) is 11.0 Å². The Labute approximate surface area is 160 Å². The number of piperidine rings is 1. The minimum atomic E-state index is -0.212. The summed E-state index contributed by atoms with van der Waals surface area (Å²) in [7, 11) is 0. The SMILES string of the molecule is CCOC(=O)C1CCCN(C(=O)Cc2coc3ccc(C(C)(C)C)cc23)C1. The molecule has 0 N–H and O–H groups in total. The zero-order valence-corrected chi connectivity index (χ0v) is 16.7. The van der Waals surface area contributed by atoms with E-state index in [1.807, 2.05) is 6.07 Å². The smallest absolute Gasteiger partial charge is 0.310 e. The Morgan fingerprint density at radius 1 is 1.30 bits per heavy atom. The van der Waals surface area contributed by atoms with Gasteiger partial charge >= 0.3 is 5.97 Å². The molecule has 1 aliphatic heterocycles. The molecule has 1 aromatic carbocycles. The quantitative estimate of drug-likeness (QED) is 0.760. The Bertz CT molecular complexity index is 830. The second kappa shape index (κ2) is 7.75. The van der Waals surface area contributed by atoms with E-state index in [-0.39, 0.29) is 29.6 Å². The van der Waals surface area contributed by atoms with Crippen molar-refractivity contribution in [1.29, 1.82) is 0 Å². The average molecular weight is 371 g/mol. The van der Waals surface area contributed by atoms with Crippen molar-refractivity contribution in [3.05, 3.63) is 35.6 Å². The zero-order chi connectivity index (χ0) is 19.6. The van der Waals surface area contributed by atoms with Crippen LogP contribution in [0.15, 0.2) is 28.9 Å². The van der Waals surface area contributed by atoms with Crippen molar-refractivity contribution in [1.82, 2.24) is 4.90 Å². The lowest BCUT2D eigenvalue weighted by Gasteiger charge is -2.31. The fourth-order valence-electron chi connectivity index (χ4n) is 3.62. The maximum Gasteiger partial charge on any atom is 0.310 e. The highest BCUT2D eigenvalue weighted by atomic mass is 16.5. The number of carbonyl (C=O) groups excluding carboxylic acids is 2. The molecular formula is C22H29NO4. The summed E-state index contributed by atoms with van der Waals surface area (Å²) >= 11 is 0. The maximum absolute atomic E-state index is 12.8. The van der Waals surface area contributed by atoms with Gasteiger partial charge in [-0.3, -0.25) is 9.59 Å². The monoisotopic (exact) mass is 371 g/mol. The third-order valence-corrected chi connectivity index (χ3v) is 5.26. The van der Waals surface area contributed by atoms with E-state index in [9.17, 15) is 9.59 Å². The van der Waals surface area contributed by atoms with E-state index in [2.05, 4.69) is 32.9 Å². The fraction of sp³-hybridized carbons (Fsp3) is 0.545. The lowest BCUT2D eigenvalue weighted by molar-refractivity contribution is -0.151. The highest BCUT2D eigenvalue weighted by molar-refractivity contribution is 5.88. The van der Waals surface area contributed by atoms with Crippen molar-refractivity contribution in [3.8, 4) is 0 Å². The minimum absolute atomic E-state index is 0.0342. The van der Waals surface area contributed by atoms with Gasteiger partial charge in [-0.2, -0.15) is 0 Å². The van der Waals surface area contributed by atoms with Crippen LogP contribution in [-0.4, -0.2) is 36.5 Å². The van der Waals surface area contributed by atoms with Gasteiger partial charge in [0, 0.05) is 24.0 Å². The Balaban J connectivity index is 1.75. The number of rotatable bonds is 4. The lowest BCUT2D eigenvalue weighted by Crippen LogP contribution is -2.43. The molecule has 0 saturated carbocycles. The summed E-state index contributed by atoms with van der Waals surface area (Å²) in [4.78, 5) is 26.7. The van der Waals surface area contributed by atoms with Gasteiger partial charge in [0.15, 0.2) is 0 Å². The molecule has 2 aromatic rings. The summed E-state index contributed by atoms with van der Waals surface area (Å²) in [6.07, 6.45) is 3.58. The molecule has 3 rings (SSSR count). The third kappa shape index (κ3) is 4.34. The topological polar surface area (TPSA) is 59.8 Å². The van der Waals surface area contributed by atoms with Gasteiger partial charge in [0.2, 0.25) is 5.91 Å². The Hall–Kier alpha value is -2.30. The molecule has 146 valence electrons. The van der Waals surface area contributed by atoms with Crippen molar-refractivity contribution in [3.63, 3.8) is 0 Å². The van der Waals surface area contributed by atoms with Crippen LogP contribution in [0, 0.1) is 5.92 Å². The van der Waals surface area contributed by atoms with Gasteiger partial charge in [0.25, 0.3) is 0 Å². The summed E-state index contributed by atoms with van der Waals surface area (Å²) in [6, 6.07) is 6.17. The normalized spacial score (nSPS) is 17.9. The van der Waals surface area contributed by atoms with Gasteiger partial charge in [-0.05, 0) is 42.9 Å². The first-order chi connectivity index (χ1) is 12.8. The zero-order valence-electron chi connectivity index (χ0n) is 16.7. The van der Waals surface area contributed by atoms with Gasteiger partial charge < -0.3 is 14.1 Å². The molecular weight excluding hydrogens is 342 g/mol. The molecule has 0 aliphatic carbocycles. The van der Waals surface area contributed by atoms with Crippen molar-refractivity contribution in [2.75, 3.05) is 19.7 Å². The number of esters is 1. The second-order valence-electron chi connectivity index (χ2n) is 8.33. The second-order valence-corrected chi connectivity index (χ2v) is 8.33. The summed E-state index contributed by atoms with van der Waals surface area (Å²) in [5.74, 6) is -0.373. The van der Waals surface area contributed by atoms with Crippen LogP contribution in [-0.2, 0) is 26.2 Å². The number of amides is 1.